The average Bonchev–Trinajstić information content (AvgIpc) is 3.42. The zero-order valence-corrected chi connectivity index (χ0v) is 22.5. The van der Waals surface area contributed by atoms with Gasteiger partial charge in [0.05, 0.1) is 19.0 Å². The lowest BCUT2D eigenvalue weighted by Crippen LogP contribution is -1.99. The molecule has 194 valence electrons. The van der Waals surface area contributed by atoms with E-state index in [4.69, 9.17) is 4.74 Å². The lowest BCUT2D eigenvalue weighted by Gasteiger charge is -2.08. The minimum Gasteiger partial charge on any atom is -0.490 e. The normalized spacial score (nSPS) is 14.0. The molecule has 0 radical (unpaired) electrons. The molecular formula is C32H50N2O. The lowest BCUT2D eigenvalue weighted by molar-refractivity contribution is 0.302. The number of benzene rings is 1. The highest BCUT2D eigenvalue weighted by molar-refractivity contribution is 5.55. The maximum atomic E-state index is 5.87. The number of nitrogens with zero attached hydrogens (tertiary/aromatic N) is 2. The Morgan fingerprint density at radius 2 is 1.31 bits per heavy atom. The summed E-state index contributed by atoms with van der Waals surface area (Å²) in [5.41, 5.74) is 2.49. The molecule has 1 aliphatic carbocycles. The van der Waals surface area contributed by atoms with E-state index in [1.54, 1.807) is 0 Å². The van der Waals surface area contributed by atoms with Gasteiger partial charge in [0.15, 0.2) is 11.6 Å². The highest BCUT2D eigenvalue weighted by Crippen LogP contribution is 2.29. The quantitative estimate of drug-likeness (QED) is 0.188. The summed E-state index contributed by atoms with van der Waals surface area (Å²) in [7, 11) is 0. The zero-order chi connectivity index (χ0) is 24.4. The van der Waals surface area contributed by atoms with Crippen LogP contribution in [0.1, 0.15) is 128 Å². The van der Waals surface area contributed by atoms with Crippen LogP contribution in [-0.4, -0.2) is 16.6 Å². The molecule has 1 saturated carbocycles. The van der Waals surface area contributed by atoms with E-state index in [1.807, 2.05) is 12.4 Å². The summed E-state index contributed by atoms with van der Waals surface area (Å²) in [6.07, 6.45) is 29.7. The SMILES string of the molecule is CCCCCCCCCc1ccc(-c2ncc(OCCCCCCCCC3CCCC3)cn2)cc1. The average molecular weight is 479 g/mol. The molecule has 0 saturated heterocycles. The van der Waals surface area contributed by atoms with E-state index in [0.717, 1.165) is 36.1 Å². The third kappa shape index (κ3) is 11.6. The molecule has 0 unspecified atom stereocenters. The van der Waals surface area contributed by atoms with Crippen molar-refractivity contribution < 1.29 is 4.74 Å². The molecule has 1 heterocycles. The molecule has 3 rings (SSSR count). The fourth-order valence-corrected chi connectivity index (χ4v) is 5.38. The van der Waals surface area contributed by atoms with Crippen LogP contribution in [0.3, 0.4) is 0 Å². The van der Waals surface area contributed by atoms with Crippen LogP contribution in [0, 0.1) is 5.92 Å². The summed E-state index contributed by atoms with van der Waals surface area (Å²) in [6.45, 7) is 3.04. The molecule has 0 atom stereocenters. The van der Waals surface area contributed by atoms with Crippen molar-refractivity contribution in [3.63, 3.8) is 0 Å². The molecule has 0 N–H and O–H groups in total. The van der Waals surface area contributed by atoms with Crippen LogP contribution in [0.5, 0.6) is 5.75 Å². The van der Waals surface area contributed by atoms with Gasteiger partial charge in [0.1, 0.15) is 0 Å². The number of hydrogen-bond donors (Lipinski definition) is 0. The summed E-state index contributed by atoms with van der Waals surface area (Å²) in [5.74, 6) is 2.61. The zero-order valence-electron chi connectivity index (χ0n) is 22.5. The highest BCUT2D eigenvalue weighted by atomic mass is 16.5. The fraction of sp³-hybridized carbons (Fsp3) is 0.688. The van der Waals surface area contributed by atoms with Crippen LogP contribution < -0.4 is 4.74 Å². The molecule has 1 aromatic heterocycles. The topological polar surface area (TPSA) is 35.0 Å². The van der Waals surface area contributed by atoms with Gasteiger partial charge >= 0.3 is 0 Å². The van der Waals surface area contributed by atoms with Crippen LogP contribution in [-0.2, 0) is 6.42 Å². The maximum absolute atomic E-state index is 5.87. The number of hydrogen-bond acceptors (Lipinski definition) is 3. The van der Waals surface area contributed by atoms with Crippen LogP contribution in [0.4, 0.5) is 0 Å². The minimum absolute atomic E-state index is 0.762. The molecule has 1 fully saturated rings. The minimum atomic E-state index is 0.762. The third-order valence-corrected chi connectivity index (χ3v) is 7.66. The molecule has 1 aliphatic rings. The van der Waals surface area contributed by atoms with Gasteiger partial charge < -0.3 is 4.74 Å². The Balaban J connectivity index is 1.23. The van der Waals surface area contributed by atoms with Crippen molar-refractivity contribution in [3.8, 4) is 17.1 Å². The summed E-state index contributed by atoms with van der Waals surface area (Å²) in [4.78, 5) is 9.07. The molecule has 3 nitrogen and oxygen atoms in total. The van der Waals surface area contributed by atoms with E-state index < -0.39 is 0 Å². The third-order valence-electron chi connectivity index (χ3n) is 7.66. The molecule has 35 heavy (non-hydrogen) atoms. The standard InChI is InChI=1S/C32H50N2O/c1-2-3-4-5-6-9-13-18-29-21-23-30(24-22-29)32-33-26-31(27-34-32)35-25-16-11-8-7-10-12-17-28-19-14-15-20-28/h21-24,26-28H,2-20,25H2,1H3. The molecule has 0 spiro atoms. The van der Waals surface area contributed by atoms with Crippen LogP contribution in [0.15, 0.2) is 36.7 Å². The Morgan fingerprint density at radius 1 is 0.714 bits per heavy atom. The van der Waals surface area contributed by atoms with Gasteiger partial charge in [-0.1, -0.05) is 134 Å². The van der Waals surface area contributed by atoms with Crippen molar-refractivity contribution in [1.29, 1.82) is 0 Å². The van der Waals surface area contributed by atoms with Crippen LogP contribution in [0.2, 0.25) is 0 Å². The van der Waals surface area contributed by atoms with Gasteiger partial charge in [-0.3, -0.25) is 0 Å². The van der Waals surface area contributed by atoms with Crippen molar-refractivity contribution in [2.75, 3.05) is 6.61 Å². The largest absolute Gasteiger partial charge is 0.490 e. The number of unbranched alkanes of at least 4 members (excludes halogenated alkanes) is 11. The highest BCUT2D eigenvalue weighted by Gasteiger charge is 2.13. The van der Waals surface area contributed by atoms with E-state index >= 15 is 0 Å². The summed E-state index contributed by atoms with van der Waals surface area (Å²) in [6, 6.07) is 8.77. The number of aromatic nitrogens is 2. The first-order chi connectivity index (χ1) is 17.3. The summed E-state index contributed by atoms with van der Waals surface area (Å²) >= 11 is 0. The second-order valence-corrected chi connectivity index (χ2v) is 10.7. The predicted octanol–water partition coefficient (Wildman–Crippen LogP) is 9.74. The van der Waals surface area contributed by atoms with Crippen molar-refractivity contribution in [2.45, 2.75) is 129 Å². The first kappa shape index (κ1) is 27.7. The molecular weight excluding hydrogens is 428 g/mol. The van der Waals surface area contributed by atoms with Gasteiger partial charge in [-0.15, -0.1) is 0 Å². The van der Waals surface area contributed by atoms with E-state index in [2.05, 4.69) is 41.2 Å². The molecule has 0 aliphatic heterocycles. The molecule has 0 amide bonds. The Bertz CT molecular complexity index is 765. The molecule has 3 heteroatoms. The van der Waals surface area contributed by atoms with Gasteiger partial charge in [-0.25, -0.2) is 9.97 Å². The van der Waals surface area contributed by atoms with Gasteiger partial charge in [0.25, 0.3) is 0 Å². The van der Waals surface area contributed by atoms with Gasteiger partial charge in [-0.2, -0.15) is 0 Å². The maximum Gasteiger partial charge on any atom is 0.159 e. The second-order valence-electron chi connectivity index (χ2n) is 10.7. The Morgan fingerprint density at radius 3 is 2.00 bits per heavy atom. The van der Waals surface area contributed by atoms with Gasteiger partial charge in [-0.05, 0) is 30.7 Å². The Labute approximate surface area is 215 Å². The number of aryl methyl sites for hydroxylation is 1. The number of rotatable bonds is 19. The fourth-order valence-electron chi connectivity index (χ4n) is 5.38. The van der Waals surface area contributed by atoms with E-state index in [1.165, 1.54) is 121 Å². The Kier molecular flexibility index (Phi) is 13.9. The predicted molar refractivity (Wildman–Crippen MR) is 149 cm³/mol. The van der Waals surface area contributed by atoms with Crippen LogP contribution >= 0.6 is 0 Å². The van der Waals surface area contributed by atoms with Crippen LogP contribution in [0.25, 0.3) is 11.4 Å². The first-order valence-corrected chi connectivity index (χ1v) is 14.9. The van der Waals surface area contributed by atoms with Crippen molar-refractivity contribution in [3.05, 3.63) is 42.2 Å². The van der Waals surface area contributed by atoms with Crippen molar-refractivity contribution in [2.24, 2.45) is 5.92 Å². The molecule has 0 bridgehead atoms. The molecule has 2 aromatic rings. The monoisotopic (exact) mass is 478 g/mol. The second kappa shape index (κ2) is 17.5. The van der Waals surface area contributed by atoms with Gasteiger partial charge in [0.2, 0.25) is 0 Å². The van der Waals surface area contributed by atoms with E-state index in [9.17, 15) is 0 Å². The summed E-state index contributed by atoms with van der Waals surface area (Å²) in [5, 5.41) is 0. The van der Waals surface area contributed by atoms with Crippen molar-refractivity contribution >= 4 is 0 Å². The van der Waals surface area contributed by atoms with Gasteiger partial charge in [0, 0.05) is 5.56 Å². The van der Waals surface area contributed by atoms with E-state index in [-0.39, 0.29) is 0 Å². The lowest BCUT2D eigenvalue weighted by atomic mass is 9.99. The van der Waals surface area contributed by atoms with E-state index in [0.29, 0.717) is 0 Å². The smallest absolute Gasteiger partial charge is 0.159 e. The number of ether oxygens (including phenoxy) is 1. The van der Waals surface area contributed by atoms with Crippen molar-refractivity contribution in [1.82, 2.24) is 9.97 Å². The molecule has 1 aromatic carbocycles. The Hall–Kier alpha value is -1.90. The summed E-state index contributed by atoms with van der Waals surface area (Å²) < 4.78 is 5.87. The first-order valence-electron chi connectivity index (χ1n) is 14.9.